The van der Waals surface area contributed by atoms with Gasteiger partial charge in [0.05, 0.1) is 6.26 Å². The molecule has 1 spiro atoms. The lowest BCUT2D eigenvalue weighted by atomic mass is 9.67. The molecule has 0 unspecified atom stereocenters. The van der Waals surface area contributed by atoms with Gasteiger partial charge in [-0.3, -0.25) is 0 Å². The van der Waals surface area contributed by atoms with E-state index in [-0.39, 0.29) is 6.04 Å². The van der Waals surface area contributed by atoms with Crippen LogP contribution in [0.15, 0.2) is 0 Å². The Kier molecular flexibility index (Phi) is 4.10. The molecule has 20 heavy (non-hydrogen) atoms. The maximum Gasteiger partial charge on any atom is 0.208 e. The van der Waals surface area contributed by atoms with Crippen molar-refractivity contribution in [3.63, 3.8) is 0 Å². The standard InChI is InChI=1S/C14H27N3O2S/c1-20(18,19)16-13-2-5-14(6-3-13)10-17(11-14)9-12-4-7-15-8-12/h12-13,15-16H,2-11H2,1H3/t12-/m1/s1. The van der Waals surface area contributed by atoms with Crippen LogP contribution >= 0.6 is 0 Å². The fourth-order valence-electron chi connectivity index (χ4n) is 4.23. The number of rotatable bonds is 4. The van der Waals surface area contributed by atoms with Crippen LogP contribution in [0.2, 0.25) is 0 Å². The first-order chi connectivity index (χ1) is 9.44. The summed E-state index contributed by atoms with van der Waals surface area (Å²) in [5.74, 6) is 0.843. The van der Waals surface area contributed by atoms with Gasteiger partial charge in [-0.1, -0.05) is 0 Å². The Hall–Kier alpha value is -0.170. The van der Waals surface area contributed by atoms with Gasteiger partial charge in [-0.2, -0.15) is 0 Å². The molecule has 0 bridgehead atoms. The van der Waals surface area contributed by atoms with E-state index in [4.69, 9.17) is 0 Å². The Labute approximate surface area is 122 Å². The first kappa shape index (κ1) is 14.8. The molecule has 1 aliphatic carbocycles. The van der Waals surface area contributed by atoms with Crippen molar-refractivity contribution < 1.29 is 8.42 Å². The van der Waals surface area contributed by atoms with E-state index in [9.17, 15) is 8.42 Å². The van der Waals surface area contributed by atoms with Gasteiger partial charge >= 0.3 is 0 Å². The molecule has 2 heterocycles. The van der Waals surface area contributed by atoms with Crippen molar-refractivity contribution in [1.29, 1.82) is 0 Å². The first-order valence-electron chi connectivity index (χ1n) is 7.85. The summed E-state index contributed by atoms with van der Waals surface area (Å²) in [6, 6.07) is 0.170. The van der Waals surface area contributed by atoms with Crippen LogP contribution in [0.5, 0.6) is 0 Å². The lowest BCUT2D eigenvalue weighted by Gasteiger charge is -2.54. The maximum absolute atomic E-state index is 11.3. The molecule has 2 saturated heterocycles. The highest BCUT2D eigenvalue weighted by Crippen LogP contribution is 2.44. The Morgan fingerprint density at radius 2 is 1.95 bits per heavy atom. The van der Waals surface area contributed by atoms with Gasteiger partial charge in [-0.15, -0.1) is 0 Å². The molecule has 2 aliphatic heterocycles. The van der Waals surface area contributed by atoms with E-state index in [1.54, 1.807) is 0 Å². The number of nitrogens with zero attached hydrogens (tertiary/aromatic N) is 1. The minimum atomic E-state index is -3.04. The van der Waals surface area contributed by atoms with E-state index in [1.165, 1.54) is 58.2 Å². The van der Waals surface area contributed by atoms with Crippen LogP contribution in [-0.4, -0.2) is 58.3 Å². The van der Waals surface area contributed by atoms with E-state index in [2.05, 4.69) is 14.9 Å². The summed E-state index contributed by atoms with van der Waals surface area (Å²) in [6.07, 6.45) is 6.96. The summed E-state index contributed by atoms with van der Waals surface area (Å²) < 4.78 is 25.3. The van der Waals surface area contributed by atoms with Crippen molar-refractivity contribution in [3.05, 3.63) is 0 Å². The quantitative estimate of drug-likeness (QED) is 0.788. The van der Waals surface area contributed by atoms with Gasteiger partial charge in [0.1, 0.15) is 0 Å². The normalized spacial score (nSPS) is 31.6. The number of likely N-dealkylation sites (tertiary alicyclic amines) is 1. The molecular formula is C14H27N3O2S. The summed E-state index contributed by atoms with van der Waals surface area (Å²) in [6.45, 7) is 6.08. The molecule has 116 valence electrons. The molecular weight excluding hydrogens is 274 g/mol. The van der Waals surface area contributed by atoms with Crippen molar-refractivity contribution >= 4 is 10.0 Å². The lowest BCUT2D eigenvalue weighted by Crippen LogP contribution is -2.59. The van der Waals surface area contributed by atoms with Gasteiger partial charge in [0.25, 0.3) is 0 Å². The molecule has 5 nitrogen and oxygen atoms in total. The Morgan fingerprint density at radius 3 is 2.50 bits per heavy atom. The van der Waals surface area contributed by atoms with Crippen LogP contribution in [0, 0.1) is 11.3 Å². The van der Waals surface area contributed by atoms with Crippen LogP contribution in [0.25, 0.3) is 0 Å². The largest absolute Gasteiger partial charge is 0.316 e. The monoisotopic (exact) mass is 301 g/mol. The highest BCUT2D eigenvalue weighted by molar-refractivity contribution is 7.88. The smallest absolute Gasteiger partial charge is 0.208 e. The fourth-order valence-corrected chi connectivity index (χ4v) is 5.08. The van der Waals surface area contributed by atoms with E-state index >= 15 is 0 Å². The second-order valence-corrected chi connectivity index (χ2v) is 8.97. The third-order valence-corrected chi connectivity index (χ3v) is 5.99. The number of nitrogens with one attached hydrogen (secondary N) is 2. The van der Waals surface area contributed by atoms with E-state index in [1.807, 2.05) is 0 Å². The molecule has 3 aliphatic rings. The number of hydrogen-bond donors (Lipinski definition) is 2. The van der Waals surface area contributed by atoms with Crippen molar-refractivity contribution in [3.8, 4) is 0 Å². The molecule has 6 heteroatoms. The average Bonchev–Trinajstić information content (AvgIpc) is 2.80. The predicted octanol–water partition coefficient (Wildman–Crippen LogP) is 0.390. The van der Waals surface area contributed by atoms with Crippen molar-refractivity contribution in [1.82, 2.24) is 14.9 Å². The predicted molar refractivity (Wildman–Crippen MR) is 80.1 cm³/mol. The van der Waals surface area contributed by atoms with Crippen LogP contribution in [0.1, 0.15) is 32.1 Å². The molecule has 3 rings (SSSR count). The molecule has 2 N–H and O–H groups in total. The highest BCUT2D eigenvalue weighted by Gasteiger charge is 2.45. The minimum absolute atomic E-state index is 0.170. The summed E-state index contributed by atoms with van der Waals surface area (Å²) in [7, 11) is -3.04. The summed E-state index contributed by atoms with van der Waals surface area (Å²) in [4.78, 5) is 2.60. The molecule has 0 aromatic carbocycles. The van der Waals surface area contributed by atoms with E-state index < -0.39 is 10.0 Å². The maximum atomic E-state index is 11.3. The zero-order valence-electron chi connectivity index (χ0n) is 12.4. The molecule has 1 saturated carbocycles. The molecule has 0 aromatic heterocycles. The molecule has 0 amide bonds. The fraction of sp³-hybridized carbons (Fsp3) is 1.00. The van der Waals surface area contributed by atoms with Crippen molar-refractivity contribution in [2.75, 3.05) is 39.0 Å². The summed E-state index contributed by atoms with van der Waals surface area (Å²) in [5, 5.41) is 3.43. The number of hydrogen-bond acceptors (Lipinski definition) is 4. The molecule has 1 atom stereocenters. The van der Waals surface area contributed by atoms with Crippen molar-refractivity contribution in [2.24, 2.45) is 11.3 Å². The van der Waals surface area contributed by atoms with Gasteiger partial charge in [0.15, 0.2) is 0 Å². The number of sulfonamides is 1. The average molecular weight is 301 g/mol. The SMILES string of the molecule is CS(=O)(=O)NC1CCC2(CC1)CN(C[C@@H]1CCNC1)C2. The van der Waals surface area contributed by atoms with Crippen LogP contribution < -0.4 is 10.0 Å². The summed E-state index contributed by atoms with van der Waals surface area (Å²) >= 11 is 0. The second-order valence-electron chi connectivity index (χ2n) is 7.19. The van der Waals surface area contributed by atoms with E-state index in [0.29, 0.717) is 5.41 Å². The lowest BCUT2D eigenvalue weighted by molar-refractivity contribution is -0.0387. The molecule has 0 aromatic rings. The minimum Gasteiger partial charge on any atom is -0.316 e. The van der Waals surface area contributed by atoms with Gasteiger partial charge < -0.3 is 10.2 Å². The third kappa shape index (κ3) is 3.53. The Morgan fingerprint density at radius 1 is 1.25 bits per heavy atom. The van der Waals surface area contributed by atoms with Crippen LogP contribution in [-0.2, 0) is 10.0 Å². The van der Waals surface area contributed by atoms with Crippen LogP contribution in [0.3, 0.4) is 0 Å². The zero-order valence-corrected chi connectivity index (χ0v) is 13.2. The topological polar surface area (TPSA) is 61.4 Å². The van der Waals surface area contributed by atoms with Crippen LogP contribution in [0.4, 0.5) is 0 Å². The van der Waals surface area contributed by atoms with E-state index in [0.717, 1.165) is 18.8 Å². The Bertz CT molecular complexity index is 429. The molecule has 0 radical (unpaired) electrons. The van der Waals surface area contributed by atoms with Crippen molar-refractivity contribution in [2.45, 2.75) is 38.1 Å². The highest BCUT2D eigenvalue weighted by atomic mass is 32.2. The van der Waals surface area contributed by atoms with Gasteiger partial charge in [-0.25, -0.2) is 13.1 Å². The van der Waals surface area contributed by atoms with Gasteiger partial charge in [0.2, 0.25) is 10.0 Å². The summed E-state index contributed by atoms with van der Waals surface area (Å²) in [5.41, 5.74) is 0.502. The molecule has 3 fully saturated rings. The Balaban J connectivity index is 1.41. The van der Waals surface area contributed by atoms with Gasteiger partial charge in [0, 0.05) is 25.7 Å². The van der Waals surface area contributed by atoms with Gasteiger partial charge in [-0.05, 0) is 56.5 Å². The first-order valence-corrected chi connectivity index (χ1v) is 9.74. The second kappa shape index (κ2) is 5.55. The third-order valence-electron chi connectivity index (χ3n) is 5.22. The zero-order chi connectivity index (χ0) is 14.2.